The second kappa shape index (κ2) is 5.59. The molecule has 0 aliphatic heterocycles. The SMILES string of the molecule is CCOC(=O)c1nn(-c2ccc(F)cc2)c2c1CCc1[nH]ncc1-2. The minimum atomic E-state index is -0.443. The van der Waals surface area contributed by atoms with Crippen molar-refractivity contribution in [3.8, 4) is 16.9 Å². The van der Waals surface area contributed by atoms with Gasteiger partial charge < -0.3 is 4.74 Å². The average molecular weight is 326 g/mol. The van der Waals surface area contributed by atoms with Gasteiger partial charge in [0.25, 0.3) is 0 Å². The summed E-state index contributed by atoms with van der Waals surface area (Å²) < 4.78 is 20.0. The number of halogens is 1. The molecule has 1 aliphatic rings. The van der Waals surface area contributed by atoms with E-state index in [1.165, 1.54) is 12.1 Å². The van der Waals surface area contributed by atoms with Gasteiger partial charge >= 0.3 is 5.97 Å². The molecule has 0 unspecified atom stereocenters. The Balaban J connectivity index is 1.94. The number of aromatic nitrogens is 4. The Morgan fingerprint density at radius 3 is 2.88 bits per heavy atom. The van der Waals surface area contributed by atoms with Crippen molar-refractivity contribution in [2.45, 2.75) is 19.8 Å². The molecule has 0 atom stereocenters. The van der Waals surface area contributed by atoms with Gasteiger partial charge in [0.05, 0.1) is 24.2 Å². The Labute approximate surface area is 137 Å². The lowest BCUT2D eigenvalue weighted by Crippen LogP contribution is -2.10. The van der Waals surface area contributed by atoms with Crippen LogP contribution in [0.4, 0.5) is 4.39 Å². The third kappa shape index (κ3) is 2.20. The molecule has 0 radical (unpaired) electrons. The molecule has 1 aliphatic carbocycles. The van der Waals surface area contributed by atoms with Gasteiger partial charge in [0.1, 0.15) is 5.82 Å². The quantitative estimate of drug-likeness (QED) is 0.751. The largest absolute Gasteiger partial charge is 0.461 e. The highest BCUT2D eigenvalue weighted by atomic mass is 19.1. The van der Waals surface area contributed by atoms with Crippen LogP contribution in [0.3, 0.4) is 0 Å². The van der Waals surface area contributed by atoms with Crippen LogP contribution < -0.4 is 0 Å². The number of rotatable bonds is 3. The minimum absolute atomic E-state index is 0.286. The third-order valence-corrected chi connectivity index (χ3v) is 4.12. The summed E-state index contributed by atoms with van der Waals surface area (Å²) in [6, 6.07) is 6.00. The topological polar surface area (TPSA) is 72.8 Å². The zero-order valence-corrected chi connectivity index (χ0v) is 13.0. The molecule has 122 valence electrons. The molecule has 0 amide bonds. The van der Waals surface area contributed by atoms with E-state index in [1.807, 2.05) is 0 Å². The normalized spacial score (nSPS) is 12.6. The van der Waals surface area contributed by atoms with Gasteiger partial charge in [0, 0.05) is 16.8 Å². The molecule has 2 heterocycles. The molecule has 3 aromatic rings. The van der Waals surface area contributed by atoms with E-state index < -0.39 is 5.97 Å². The van der Waals surface area contributed by atoms with Crippen LogP contribution in [0.5, 0.6) is 0 Å². The molecule has 1 aromatic carbocycles. The fraction of sp³-hybridized carbons (Fsp3) is 0.235. The van der Waals surface area contributed by atoms with Gasteiger partial charge in [0.2, 0.25) is 0 Å². The first-order valence-electron chi connectivity index (χ1n) is 7.76. The van der Waals surface area contributed by atoms with Gasteiger partial charge in [-0.2, -0.15) is 10.2 Å². The molecule has 0 spiro atoms. The lowest BCUT2D eigenvalue weighted by Gasteiger charge is -2.14. The molecular weight excluding hydrogens is 311 g/mol. The van der Waals surface area contributed by atoms with E-state index in [0.29, 0.717) is 17.8 Å². The van der Waals surface area contributed by atoms with Gasteiger partial charge in [-0.05, 0) is 44.0 Å². The van der Waals surface area contributed by atoms with Crippen molar-refractivity contribution < 1.29 is 13.9 Å². The standard InChI is InChI=1S/C17H15FN4O2/c1-2-24-17(23)15-12-7-8-14-13(9-19-20-14)16(12)22(21-15)11-5-3-10(18)4-6-11/h3-6,9H,2,7-8H2,1H3,(H,19,20). The summed E-state index contributed by atoms with van der Waals surface area (Å²) in [7, 11) is 0. The smallest absolute Gasteiger partial charge is 0.359 e. The van der Waals surface area contributed by atoms with Crippen molar-refractivity contribution in [2.75, 3.05) is 6.61 Å². The van der Waals surface area contributed by atoms with Gasteiger partial charge in [-0.1, -0.05) is 0 Å². The van der Waals surface area contributed by atoms with Crippen molar-refractivity contribution in [3.05, 3.63) is 53.2 Å². The molecule has 1 N–H and O–H groups in total. The second-order valence-electron chi connectivity index (χ2n) is 5.55. The van der Waals surface area contributed by atoms with Gasteiger partial charge in [-0.25, -0.2) is 13.9 Å². The van der Waals surface area contributed by atoms with Crippen molar-refractivity contribution in [1.29, 1.82) is 0 Å². The molecule has 2 aromatic heterocycles. The second-order valence-corrected chi connectivity index (χ2v) is 5.55. The predicted octanol–water partition coefficient (Wildman–Crippen LogP) is 2.68. The van der Waals surface area contributed by atoms with E-state index >= 15 is 0 Å². The Morgan fingerprint density at radius 1 is 1.33 bits per heavy atom. The minimum Gasteiger partial charge on any atom is -0.461 e. The summed E-state index contributed by atoms with van der Waals surface area (Å²) in [5.74, 6) is -0.768. The number of ether oxygens (including phenoxy) is 1. The number of aromatic amines is 1. The average Bonchev–Trinajstić information content (AvgIpc) is 3.19. The number of hydrogen-bond acceptors (Lipinski definition) is 4. The van der Waals surface area contributed by atoms with Gasteiger partial charge in [-0.3, -0.25) is 5.10 Å². The summed E-state index contributed by atoms with van der Waals surface area (Å²) in [4.78, 5) is 12.3. The van der Waals surface area contributed by atoms with E-state index in [0.717, 1.165) is 28.9 Å². The van der Waals surface area contributed by atoms with Gasteiger partial charge in [0.15, 0.2) is 5.69 Å². The summed E-state index contributed by atoms with van der Waals surface area (Å²) in [5, 5.41) is 11.5. The molecule has 24 heavy (non-hydrogen) atoms. The van der Waals surface area contributed by atoms with Crippen molar-refractivity contribution in [3.63, 3.8) is 0 Å². The fourth-order valence-electron chi connectivity index (χ4n) is 3.05. The Bertz CT molecular complexity index is 911. The van der Waals surface area contributed by atoms with Crippen LogP contribution in [-0.2, 0) is 17.6 Å². The van der Waals surface area contributed by atoms with Crippen LogP contribution in [0.25, 0.3) is 16.9 Å². The Morgan fingerprint density at radius 2 is 2.12 bits per heavy atom. The summed E-state index contributed by atoms with van der Waals surface area (Å²) in [5.41, 5.74) is 4.54. The molecule has 0 bridgehead atoms. The molecule has 6 nitrogen and oxygen atoms in total. The predicted molar refractivity (Wildman–Crippen MR) is 84.5 cm³/mol. The zero-order valence-electron chi connectivity index (χ0n) is 13.0. The number of nitrogens with zero attached hydrogens (tertiary/aromatic N) is 3. The van der Waals surface area contributed by atoms with Crippen LogP contribution in [0.1, 0.15) is 28.7 Å². The maximum Gasteiger partial charge on any atom is 0.359 e. The summed E-state index contributed by atoms with van der Waals surface area (Å²) in [6.45, 7) is 2.05. The summed E-state index contributed by atoms with van der Waals surface area (Å²) >= 11 is 0. The Kier molecular flexibility index (Phi) is 3.41. The highest BCUT2D eigenvalue weighted by Gasteiger charge is 2.30. The van der Waals surface area contributed by atoms with Crippen molar-refractivity contribution in [2.24, 2.45) is 0 Å². The number of carbonyl (C=O) groups is 1. The van der Waals surface area contributed by atoms with Crippen molar-refractivity contribution >= 4 is 5.97 Å². The number of aryl methyl sites for hydroxylation is 1. The van der Waals surface area contributed by atoms with Crippen LogP contribution >= 0.6 is 0 Å². The first kappa shape index (κ1) is 14.6. The maximum atomic E-state index is 13.2. The first-order valence-corrected chi connectivity index (χ1v) is 7.76. The van der Waals surface area contributed by atoms with E-state index in [-0.39, 0.29) is 12.4 Å². The molecular formula is C17H15FN4O2. The highest BCUT2D eigenvalue weighted by molar-refractivity contribution is 5.92. The summed E-state index contributed by atoms with van der Waals surface area (Å²) in [6.07, 6.45) is 3.15. The molecule has 7 heteroatoms. The first-order chi connectivity index (χ1) is 11.7. The monoisotopic (exact) mass is 326 g/mol. The van der Waals surface area contributed by atoms with Crippen LogP contribution in [0, 0.1) is 5.82 Å². The lowest BCUT2D eigenvalue weighted by atomic mass is 9.94. The number of nitrogens with one attached hydrogen (secondary N) is 1. The van der Waals surface area contributed by atoms with E-state index in [4.69, 9.17) is 4.74 Å². The van der Waals surface area contributed by atoms with E-state index in [1.54, 1.807) is 29.9 Å². The molecule has 4 rings (SSSR count). The number of hydrogen-bond donors (Lipinski definition) is 1. The van der Waals surface area contributed by atoms with Crippen LogP contribution in [0.2, 0.25) is 0 Å². The van der Waals surface area contributed by atoms with Gasteiger partial charge in [-0.15, -0.1) is 0 Å². The molecule has 0 fully saturated rings. The van der Waals surface area contributed by atoms with Crippen LogP contribution in [0.15, 0.2) is 30.5 Å². The van der Waals surface area contributed by atoms with Crippen LogP contribution in [-0.4, -0.2) is 32.6 Å². The number of esters is 1. The zero-order chi connectivity index (χ0) is 16.7. The molecule has 0 saturated carbocycles. The van der Waals surface area contributed by atoms with E-state index in [9.17, 15) is 9.18 Å². The fourth-order valence-corrected chi connectivity index (χ4v) is 3.05. The lowest BCUT2D eigenvalue weighted by molar-refractivity contribution is 0.0517. The third-order valence-electron chi connectivity index (χ3n) is 4.12. The number of fused-ring (bicyclic) bond motifs is 3. The van der Waals surface area contributed by atoms with E-state index in [2.05, 4.69) is 15.3 Å². The van der Waals surface area contributed by atoms with Crippen molar-refractivity contribution in [1.82, 2.24) is 20.0 Å². The number of H-pyrrole nitrogens is 1. The Hall–Kier alpha value is -2.96. The number of carbonyl (C=O) groups excluding carboxylic acids is 1. The highest BCUT2D eigenvalue weighted by Crippen LogP contribution is 2.36. The number of benzene rings is 1. The molecule has 0 saturated heterocycles. The maximum absolute atomic E-state index is 13.2.